The fourth-order valence-electron chi connectivity index (χ4n) is 2.43. The van der Waals surface area contributed by atoms with Gasteiger partial charge in [-0.3, -0.25) is 14.6 Å². The van der Waals surface area contributed by atoms with Crippen molar-refractivity contribution in [1.82, 2.24) is 9.55 Å². The van der Waals surface area contributed by atoms with Crippen LogP contribution in [0.25, 0.3) is 0 Å². The zero-order chi connectivity index (χ0) is 14.1. The Morgan fingerprint density at radius 3 is 3.05 bits per heavy atom. The van der Waals surface area contributed by atoms with Crippen LogP contribution >= 0.6 is 0 Å². The second-order valence-electron chi connectivity index (χ2n) is 4.93. The van der Waals surface area contributed by atoms with Gasteiger partial charge in [0.15, 0.2) is 0 Å². The molecule has 0 spiro atoms. The van der Waals surface area contributed by atoms with Gasteiger partial charge in [-0.15, -0.1) is 0 Å². The molecule has 3 rings (SSSR count). The zero-order valence-corrected chi connectivity index (χ0v) is 11.2. The lowest BCUT2D eigenvalue weighted by Crippen LogP contribution is -2.35. The molecule has 0 bridgehead atoms. The van der Waals surface area contributed by atoms with Crippen LogP contribution in [0.3, 0.4) is 0 Å². The highest BCUT2D eigenvalue weighted by Crippen LogP contribution is 2.25. The van der Waals surface area contributed by atoms with Crippen LogP contribution in [0.15, 0.2) is 41.5 Å². The molecule has 0 atom stereocenters. The second-order valence-corrected chi connectivity index (χ2v) is 4.93. The van der Waals surface area contributed by atoms with E-state index in [1.54, 1.807) is 17.3 Å². The van der Waals surface area contributed by atoms with E-state index in [-0.39, 0.29) is 18.0 Å². The van der Waals surface area contributed by atoms with Crippen LogP contribution in [-0.4, -0.2) is 22.0 Å². The van der Waals surface area contributed by atoms with Gasteiger partial charge in [-0.25, -0.2) is 0 Å². The van der Waals surface area contributed by atoms with E-state index in [9.17, 15) is 9.59 Å². The fourth-order valence-corrected chi connectivity index (χ4v) is 2.43. The third-order valence-electron chi connectivity index (χ3n) is 3.49. The topological polar surface area (TPSA) is 55.2 Å². The molecule has 0 unspecified atom stereocenters. The van der Waals surface area contributed by atoms with Crippen LogP contribution in [0.5, 0.6) is 0 Å². The summed E-state index contributed by atoms with van der Waals surface area (Å²) in [4.78, 5) is 30.1. The fraction of sp³-hybridized carbons (Fsp3) is 0.267. The first-order valence-electron chi connectivity index (χ1n) is 6.56. The number of rotatable bonds is 2. The highest BCUT2D eigenvalue weighted by molar-refractivity contribution is 5.94. The summed E-state index contributed by atoms with van der Waals surface area (Å²) in [6, 6.07) is 7.08. The van der Waals surface area contributed by atoms with Gasteiger partial charge in [0.1, 0.15) is 6.54 Å². The predicted octanol–water partition coefficient (Wildman–Crippen LogP) is 1.14. The first-order chi connectivity index (χ1) is 9.65. The molecular weight excluding hydrogens is 254 g/mol. The number of carbonyl (C=O) groups is 1. The largest absolute Gasteiger partial charge is 0.309 e. The molecule has 0 radical (unpaired) electrons. The Hall–Kier alpha value is -2.43. The molecule has 5 heteroatoms. The van der Waals surface area contributed by atoms with Crippen molar-refractivity contribution >= 4 is 11.6 Å². The molecule has 0 N–H and O–H groups in total. The van der Waals surface area contributed by atoms with E-state index in [1.807, 2.05) is 25.1 Å². The number of anilines is 1. The minimum Gasteiger partial charge on any atom is -0.309 e. The van der Waals surface area contributed by atoms with Crippen molar-refractivity contribution in [3.05, 3.63) is 58.3 Å². The van der Waals surface area contributed by atoms with Gasteiger partial charge in [0.05, 0.1) is 11.4 Å². The Labute approximate surface area is 116 Å². The third-order valence-corrected chi connectivity index (χ3v) is 3.49. The normalized spacial score (nSPS) is 13.3. The molecule has 2 aromatic rings. The number of nitrogens with zero attached hydrogens (tertiary/aromatic N) is 3. The summed E-state index contributed by atoms with van der Waals surface area (Å²) < 4.78 is 1.43. The lowest BCUT2D eigenvalue weighted by Gasteiger charge is -2.17. The molecule has 102 valence electrons. The van der Waals surface area contributed by atoms with Crippen molar-refractivity contribution in [2.75, 3.05) is 11.4 Å². The maximum Gasteiger partial charge on any atom is 0.251 e. The van der Waals surface area contributed by atoms with E-state index in [4.69, 9.17) is 0 Å². The number of aromatic nitrogens is 2. The Balaban J connectivity index is 1.83. The van der Waals surface area contributed by atoms with Gasteiger partial charge in [0.2, 0.25) is 5.91 Å². The monoisotopic (exact) mass is 269 g/mol. The van der Waals surface area contributed by atoms with Crippen molar-refractivity contribution < 1.29 is 4.79 Å². The number of aryl methyl sites for hydroxylation is 1. The average molecular weight is 269 g/mol. The van der Waals surface area contributed by atoms with E-state index in [2.05, 4.69) is 4.98 Å². The molecule has 0 aromatic carbocycles. The van der Waals surface area contributed by atoms with Crippen molar-refractivity contribution in [2.45, 2.75) is 19.9 Å². The second kappa shape index (κ2) is 4.92. The summed E-state index contributed by atoms with van der Waals surface area (Å²) in [6.07, 6.45) is 4.16. The third kappa shape index (κ3) is 2.22. The molecule has 0 saturated carbocycles. The molecule has 0 aliphatic carbocycles. The number of hydrogen-bond acceptors (Lipinski definition) is 3. The Kier molecular flexibility index (Phi) is 3.10. The maximum absolute atomic E-state index is 12.4. The Morgan fingerprint density at radius 2 is 2.25 bits per heavy atom. The maximum atomic E-state index is 12.4. The number of carbonyl (C=O) groups excluding carboxylic acids is 1. The number of amides is 1. The van der Waals surface area contributed by atoms with Crippen LogP contribution < -0.4 is 10.5 Å². The summed E-state index contributed by atoms with van der Waals surface area (Å²) in [7, 11) is 0. The summed E-state index contributed by atoms with van der Waals surface area (Å²) in [5, 5.41) is 0. The number of pyridine rings is 2. The molecule has 5 nitrogen and oxygen atoms in total. The lowest BCUT2D eigenvalue weighted by atomic mass is 10.3. The molecule has 1 aliphatic heterocycles. The lowest BCUT2D eigenvalue weighted by molar-refractivity contribution is -0.119. The van der Waals surface area contributed by atoms with E-state index in [1.165, 1.54) is 10.6 Å². The number of fused-ring (bicyclic) bond motifs is 1. The van der Waals surface area contributed by atoms with Crippen molar-refractivity contribution in [3.63, 3.8) is 0 Å². The van der Waals surface area contributed by atoms with Gasteiger partial charge in [-0.1, -0.05) is 0 Å². The minimum atomic E-state index is -0.149. The highest BCUT2D eigenvalue weighted by atomic mass is 16.2. The summed E-state index contributed by atoms with van der Waals surface area (Å²) >= 11 is 0. The molecule has 1 aliphatic rings. The zero-order valence-electron chi connectivity index (χ0n) is 11.2. The highest BCUT2D eigenvalue weighted by Gasteiger charge is 2.25. The average Bonchev–Trinajstić information content (AvgIpc) is 2.86. The van der Waals surface area contributed by atoms with Crippen molar-refractivity contribution in [2.24, 2.45) is 0 Å². The van der Waals surface area contributed by atoms with Gasteiger partial charge in [-0.2, -0.15) is 0 Å². The van der Waals surface area contributed by atoms with Crippen molar-refractivity contribution in [3.8, 4) is 0 Å². The van der Waals surface area contributed by atoms with Gasteiger partial charge < -0.3 is 9.47 Å². The van der Waals surface area contributed by atoms with Crippen LogP contribution in [0, 0.1) is 6.92 Å². The first kappa shape index (κ1) is 12.6. The predicted molar refractivity (Wildman–Crippen MR) is 75.7 cm³/mol. The standard InChI is InChI=1S/C15H15N3O2/c1-11-4-7-17(14(19)9-11)10-15(20)18-8-5-12-13(18)3-2-6-16-12/h2-4,6-7,9H,5,8,10H2,1H3. The summed E-state index contributed by atoms with van der Waals surface area (Å²) in [6.45, 7) is 2.55. The van der Waals surface area contributed by atoms with Crippen LogP contribution in [0.1, 0.15) is 11.3 Å². The molecule has 0 fully saturated rings. The van der Waals surface area contributed by atoms with Crippen LogP contribution in [0.2, 0.25) is 0 Å². The SMILES string of the molecule is Cc1ccn(CC(=O)N2CCc3ncccc32)c(=O)c1. The van der Waals surface area contributed by atoms with E-state index >= 15 is 0 Å². The summed E-state index contributed by atoms with van der Waals surface area (Å²) in [5.74, 6) is -0.0808. The smallest absolute Gasteiger partial charge is 0.251 e. The van der Waals surface area contributed by atoms with E-state index < -0.39 is 0 Å². The molecule has 0 saturated heterocycles. The van der Waals surface area contributed by atoms with E-state index in [0.29, 0.717) is 6.54 Å². The molecular formula is C15H15N3O2. The van der Waals surface area contributed by atoms with Gasteiger partial charge in [0.25, 0.3) is 5.56 Å². The molecule has 1 amide bonds. The van der Waals surface area contributed by atoms with Crippen LogP contribution in [-0.2, 0) is 17.8 Å². The van der Waals surface area contributed by atoms with Gasteiger partial charge in [0, 0.05) is 31.4 Å². The quantitative estimate of drug-likeness (QED) is 0.821. The van der Waals surface area contributed by atoms with Gasteiger partial charge in [-0.05, 0) is 30.7 Å². The molecule has 2 aromatic heterocycles. The Bertz CT molecular complexity index is 721. The molecule has 20 heavy (non-hydrogen) atoms. The molecule has 3 heterocycles. The first-order valence-corrected chi connectivity index (χ1v) is 6.56. The van der Waals surface area contributed by atoms with Crippen molar-refractivity contribution in [1.29, 1.82) is 0 Å². The van der Waals surface area contributed by atoms with Crippen LogP contribution in [0.4, 0.5) is 5.69 Å². The van der Waals surface area contributed by atoms with E-state index in [0.717, 1.165) is 23.4 Å². The Morgan fingerprint density at radius 1 is 1.40 bits per heavy atom. The number of hydrogen-bond donors (Lipinski definition) is 0. The summed E-state index contributed by atoms with van der Waals surface area (Å²) in [5.41, 5.74) is 2.55. The minimum absolute atomic E-state index is 0.0629. The van der Waals surface area contributed by atoms with Gasteiger partial charge >= 0.3 is 0 Å².